The van der Waals surface area contributed by atoms with Crippen molar-refractivity contribution in [2.45, 2.75) is 49.9 Å². The van der Waals surface area contributed by atoms with Gasteiger partial charge in [0.25, 0.3) is 11.5 Å². The number of amides is 1. The van der Waals surface area contributed by atoms with Crippen LogP contribution >= 0.6 is 0 Å². The second-order valence-corrected chi connectivity index (χ2v) is 9.18. The predicted molar refractivity (Wildman–Crippen MR) is 121 cm³/mol. The molecule has 6 nitrogen and oxygen atoms in total. The van der Waals surface area contributed by atoms with Crippen LogP contribution in [-0.4, -0.2) is 32.4 Å². The number of H-pyrrole nitrogens is 1. The lowest BCUT2D eigenvalue weighted by atomic mass is 9.94. The van der Waals surface area contributed by atoms with Crippen LogP contribution in [0.2, 0.25) is 0 Å². The summed E-state index contributed by atoms with van der Waals surface area (Å²) in [5.74, 6) is -0.125. The summed E-state index contributed by atoms with van der Waals surface area (Å²) in [5, 5.41) is 10.6. The molecule has 2 aliphatic rings. The first-order valence-corrected chi connectivity index (χ1v) is 11.5. The van der Waals surface area contributed by atoms with Crippen molar-refractivity contribution >= 4 is 5.91 Å². The maximum Gasteiger partial charge on any atom is 0.416 e. The van der Waals surface area contributed by atoms with Gasteiger partial charge in [0.15, 0.2) is 6.10 Å². The highest BCUT2D eigenvalue weighted by molar-refractivity contribution is 5.82. The van der Waals surface area contributed by atoms with Crippen LogP contribution in [0.4, 0.5) is 13.2 Å². The molecule has 0 unspecified atom stereocenters. The largest absolute Gasteiger partial charge is 0.416 e. The number of aliphatic hydroxyl groups is 1. The summed E-state index contributed by atoms with van der Waals surface area (Å²) in [5.41, 5.74) is 0.336. The van der Waals surface area contributed by atoms with Crippen molar-refractivity contribution in [3.8, 4) is 0 Å². The van der Waals surface area contributed by atoms with Crippen molar-refractivity contribution in [1.82, 2.24) is 14.9 Å². The average Bonchev–Trinajstić information content (AvgIpc) is 3.68. The summed E-state index contributed by atoms with van der Waals surface area (Å²) in [6.45, 7) is 0.189. The average molecular weight is 483 g/mol. The van der Waals surface area contributed by atoms with Gasteiger partial charge in [0.05, 0.1) is 28.8 Å². The van der Waals surface area contributed by atoms with E-state index >= 15 is 0 Å². The maximum atomic E-state index is 13.1. The SMILES string of the molecule is O=C([C@H](O)c1cccc(C(F)(F)F)c1)N1CCCc2nc(C3(c4ccccc4)CC3)[nH]c(=O)c2C1. The Morgan fingerprint density at radius 3 is 2.54 bits per heavy atom. The smallest absolute Gasteiger partial charge is 0.378 e. The highest BCUT2D eigenvalue weighted by Crippen LogP contribution is 2.51. The molecule has 1 fully saturated rings. The zero-order valence-electron chi connectivity index (χ0n) is 18.8. The molecule has 1 atom stereocenters. The first-order chi connectivity index (χ1) is 16.7. The Kier molecular flexibility index (Phi) is 5.75. The van der Waals surface area contributed by atoms with Crippen LogP contribution in [0.15, 0.2) is 59.4 Å². The third kappa shape index (κ3) is 4.36. The highest BCUT2D eigenvalue weighted by atomic mass is 19.4. The van der Waals surface area contributed by atoms with E-state index in [0.29, 0.717) is 29.9 Å². The molecule has 2 N–H and O–H groups in total. The van der Waals surface area contributed by atoms with Crippen molar-refractivity contribution in [1.29, 1.82) is 0 Å². The fourth-order valence-electron chi connectivity index (χ4n) is 4.78. The van der Waals surface area contributed by atoms with Gasteiger partial charge in [0, 0.05) is 6.54 Å². The molecule has 0 spiro atoms. The number of aromatic amines is 1. The lowest BCUT2D eigenvalue weighted by molar-refractivity contribution is -0.142. The van der Waals surface area contributed by atoms with Crippen molar-refractivity contribution in [2.24, 2.45) is 0 Å². The minimum Gasteiger partial charge on any atom is -0.378 e. The van der Waals surface area contributed by atoms with Gasteiger partial charge < -0.3 is 15.0 Å². The number of aromatic nitrogens is 2. The predicted octanol–water partition coefficient (Wildman–Crippen LogP) is 3.88. The van der Waals surface area contributed by atoms with Crippen LogP contribution in [0.25, 0.3) is 0 Å². The normalized spacial score (nSPS) is 17.9. The number of aryl methyl sites for hydroxylation is 1. The Labute approximate surface area is 199 Å². The second kappa shape index (κ2) is 8.64. The fraction of sp³-hybridized carbons (Fsp3) is 0.346. The third-order valence-corrected chi connectivity index (χ3v) is 6.90. The van der Waals surface area contributed by atoms with Gasteiger partial charge in [0.1, 0.15) is 5.82 Å². The highest BCUT2D eigenvalue weighted by Gasteiger charge is 2.48. The summed E-state index contributed by atoms with van der Waals surface area (Å²) in [6, 6.07) is 14.0. The van der Waals surface area contributed by atoms with Gasteiger partial charge in [-0.05, 0) is 48.9 Å². The lowest BCUT2D eigenvalue weighted by Crippen LogP contribution is -2.36. The Morgan fingerprint density at radius 1 is 1.11 bits per heavy atom. The van der Waals surface area contributed by atoms with Crippen LogP contribution in [0, 0.1) is 0 Å². The summed E-state index contributed by atoms with van der Waals surface area (Å²) >= 11 is 0. The monoisotopic (exact) mass is 483 g/mol. The third-order valence-electron chi connectivity index (χ3n) is 6.90. The number of hydrogen-bond donors (Lipinski definition) is 2. The minimum absolute atomic E-state index is 0.0643. The number of rotatable bonds is 4. The molecule has 35 heavy (non-hydrogen) atoms. The molecule has 1 amide bonds. The number of carbonyl (C=O) groups excluding carboxylic acids is 1. The molecule has 9 heteroatoms. The number of halogens is 3. The zero-order valence-corrected chi connectivity index (χ0v) is 18.8. The number of hydrogen-bond acceptors (Lipinski definition) is 4. The Morgan fingerprint density at radius 2 is 1.86 bits per heavy atom. The molecule has 3 aromatic rings. The summed E-state index contributed by atoms with van der Waals surface area (Å²) < 4.78 is 39.2. The van der Waals surface area contributed by atoms with E-state index in [4.69, 9.17) is 4.98 Å². The molecule has 2 heterocycles. The lowest BCUT2D eigenvalue weighted by Gasteiger charge is -2.24. The molecule has 0 bridgehead atoms. The number of benzene rings is 2. The quantitative estimate of drug-likeness (QED) is 0.590. The first kappa shape index (κ1) is 23.3. The molecule has 1 aliphatic carbocycles. The first-order valence-electron chi connectivity index (χ1n) is 11.5. The molecule has 0 radical (unpaired) electrons. The van der Waals surface area contributed by atoms with Gasteiger partial charge in [-0.2, -0.15) is 13.2 Å². The molecular formula is C26H24F3N3O3. The Balaban J connectivity index is 1.41. The van der Waals surface area contributed by atoms with Crippen molar-refractivity contribution in [2.75, 3.05) is 6.54 Å². The second-order valence-electron chi connectivity index (χ2n) is 9.18. The Bertz CT molecular complexity index is 1320. The van der Waals surface area contributed by atoms with Gasteiger partial charge in [-0.1, -0.05) is 42.5 Å². The van der Waals surface area contributed by atoms with Gasteiger partial charge >= 0.3 is 6.18 Å². The van der Waals surface area contributed by atoms with Crippen molar-refractivity contribution in [3.05, 3.63) is 98.7 Å². The molecule has 1 saturated carbocycles. The van der Waals surface area contributed by atoms with E-state index in [-0.39, 0.29) is 29.6 Å². The van der Waals surface area contributed by atoms with Gasteiger partial charge in [-0.25, -0.2) is 4.98 Å². The molecule has 0 saturated heterocycles. The van der Waals surface area contributed by atoms with Gasteiger partial charge in [0.2, 0.25) is 0 Å². The van der Waals surface area contributed by atoms with E-state index in [2.05, 4.69) is 4.98 Å². The molecule has 5 rings (SSSR count). The van der Waals surface area contributed by atoms with E-state index < -0.39 is 23.8 Å². The summed E-state index contributed by atoms with van der Waals surface area (Å²) in [7, 11) is 0. The topological polar surface area (TPSA) is 86.3 Å². The van der Waals surface area contributed by atoms with E-state index in [1.807, 2.05) is 30.3 Å². The molecule has 2 aromatic carbocycles. The fourth-order valence-corrected chi connectivity index (χ4v) is 4.78. The van der Waals surface area contributed by atoms with E-state index in [1.54, 1.807) is 0 Å². The molecule has 1 aromatic heterocycles. The van der Waals surface area contributed by atoms with Crippen LogP contribution in [0.1, 0.15) is 59.1 Å². The van der Waals surface area contributed by atoms with Crippen molar-refractivity contribution in [3.63, 3.8) is 0 Å². The van der Waals surface area contributed by atoms with Crippen LogP contribution < -0.4 is 5.56 Å². The van der Waals surface area contributed by atoms with Gasteiger partial charge in [-0.15, -0.1) is 0 Å². The number of fused-ring (bicyclic) bond motifs is 1. The van der Waals surface area contributed by atoms with Crippen molar-refractivity contribution < 1.29 is 23.1 Å². The number of alkyl halides is 3. The van der Waals surface area contributed by atoms with Gasteiger partial charge in [-0.3, -0.25) is 9.59 Å². The number of nitrogens with zero attached hydrogens (tertiary/aromatic N) is 2. The van der Waals surface area contributed by atoms with E-state index in [9.17, 15) is 27.9 Å². The summed E-state index contributed by atoms with van der Waals surface area (Å²) in [6.07, 6.45) is -3.59. The zero-order chi connectivity index (χ0) is 24.8. The standard InChI is InChI=1S/C26H24F3N3O3/c27-26(28,29)18-9-4-6-16(14-18)21(33)23(35)32-13-5-10-20-19(15-32)22(34)31-24(30-20)25(11-12-25)17-7-2-1-3-8-17/h1-4,6-9,14,21,33H,5,10-13,15H2,(H,30,31,34)/t21-/m1/s1. The molecular weight excluding hydrogens is 459 g/mol. The Hall–Kier alpha value is -3.46. The minimum atomic E-state index is -4.59. The van der Waals surface area contributed by atoms with E-state index in [0.717, 1.165) is 36.6 Å². The van der Waals surface area contributed by atoms with Crippen LogP contribution in [0.3, 0.4) is 0 Å². The maximum absolute atomic E-state index is 13.1. The molecule has 182 valence electrons. The molecule has 1 aliphatic heterocycles. The summed E-state index contributed by atoms with van der Waals surface area (Å²) in [4.78, 5) is 35.1. The number of carbonyl (C=O) groups is 1. The van der Waals surface area contributed by atoms with Crippen LogP contribution in [-0.2, 0) is 29.4 Å². The van der Waals surface area contributed by atoms with E-state index in [1.165, 1.54) is 11.0 Å². The number of nitrogens with one attached hydrogen (secondary N) is 1. The number of aliphatic hydroxyl groups excluding tert-OH is 1. The van der Waals surface area contributed by atoms with Crippen LogP contribution in [0.5, 0.6) is 0 Å².